The van der Waals surface area contributed by atoms with Crippen LogP contribution in [-0.4, -0.2) is 44.5 Å². The van der Waals surface area contributed by atoms with E-state index >= 15 is 0 Å². The molecule has 2 heterocycles. The van der Waals surface area contributed by atoms with Crippen LogP contribution in [0.15, 0.2) is 35.4 Å². The molecule has 0 spiro atoms. The van der Waals surface area contributed by atoms with E-state index in [9.17, 15) is 8.42 Å². The number of pyridine rings is 1. The van der Waals surface area contributed by atoms with Crippen LogP contribution in [0.5, 0.6) is 0 Å². The minimum Gasteiger partial charge on any atom is -0.303 e. The van der Waals surface area contributed by atoms with E-state index in [1.165, 1.54) is 6.42 Å². The second-order valence-electron chi connectivity index (χ2n) is 7.80. The summed E-state index contributed by atoms with van der Waals surface area (Å²) in [5, 5.41) is 0.851. The first-order valence-corrected chi connectivity index (χ1v) is 10.9. The summed E-state index contributed by atoms with van der Waals surface area (Å²) in [5.41, 5.74) is 1.55. The van der Waals surface area contributed by atoms with Crippen molar-refractivity contribution >= 4 is 20.9 Å². The van der Waals surface area contributed by atoms with Crippen LogP contribution in [0.4, 0.5) is 0 Å². The Morgan fingerprint density at radius 2 is 1.96 bits per heavy atom. The van der Waals surface area contributed by atoms with Gasteiger partial charge in [-0.25, -0.2) is 13.1 Å². The topological polar surface area (TPSA) is 62.3 Å². The van der Waals surface area contributed by atoms with E-state index in [0.29, 0.717) is 12.1 Å². The molecule has 26 heavy (non-hydrogen) atoms. The van der Waals surface area contributed by atoms with Crippen LogP contribution >= 0.6 is 0 Å². The van der Waals surface area contributed by atoms with Gasteiger partial charge in [-0.3, -0.25) is 4.98 Å². The summed E-state index contributed by atoms with van der Waals surface area (Å²) in [6, 6.07) is 7.25. The third-order valence-electron chi connectivity index (χ3n) is 4.99. The number of fused-ring (bicyclic) bond motifs is 1. The second kappa shape index (κ2) is 8.03. The molecule has 2 aromatic rings. The minimum atomic E-state index is -3.56. The van der Waals surface area contributed by atoms with E-state index < -0.39 is 10.0 Å². The van der Waals surface area contributed by atoms with Gasteiger partial charge < -0.3 is 4.90 Å². The third kappa shape index (κ3) is 4.61. The van der Waals surface area contributed by atoms with Gasteiger partial charge in [-0.15, -0.1) is 0 Å². The lowest BCUT2D eigenvalue weighted by Crippen LogP contribution is -2.40. The van der Waals surface area contributed by atoms with Crippen LogP contribution in [0, 0.1) is 18.8 Å². The van der Waals surface area contributed by atoms with Crippen LogP contribution in [0.25, 0.3) is 10.9 Å². The van der Waals surface area contributed by atoms with Gasteiger partial charge in [-0.05, 0) is 55.8 Å². The van der Waals surface area contributed by atoms with E-state index in [1.807, 2.05) is 19.1 Å². The summed E-state index contributed by atoms with van der Waals surface area (Å²) in [5.74, 6) is 1.45. The lowest BCUT2D eigenvalue weighted by atomic mass is 9.92. The molecule has 0 amide bonds. The van der Waals surface area contributed by atoms with Gasteiger partial charge in [0, 0.05) is 31.2 Å². The first-order valence-electron chi connectivity index (χ1n) is 9.42. The minimum absolute atomic E-state index is 0.259. The molecule has 1 aromatic heterocycles. The molecule has 1 aliphatic heterocycles. The zero-order valence-electron chi connectivity index (χ0n) is 15.9. The van der Waals surface area contributed by atoms with Crippen molar-refractivity contribution in [1.82, 2.24) is 14.6 Å². The van der Waals surface area contributed by atoms with Crippen molar-refractivity contribution in [2.45, 2.75) is 38.5 Å². The first-order chi connectivity index (χ1) is 12.3. The number of sulfonamides is 1. The maximum absolute atomic E-state index is 12.7. The van der Waals surface area contributed by atoms with Crippen LogP contribution in [0.3, 0.4) is 0 Å². The van der Waals surface area contributed by atoms with Crippen molar-refractivity contribution in [3.8, 4) is 0 Å². The summed E-state index contributed by atoms with van der Waals surface area (Å²) in [7, 11) is -3.56. The number of para-hydroxylation sites is 1. The van der Waals surface area contributed by atoms with Gasteiger partial charge in [0.2, 0.25) is 10.0 Å². The lowest BCUT2D eigenvalue weighted by molar-refractivity contribution is 0.140. The number of piperidine rings is 1. The number of nitrogens with zero attached hydrogens (tertiary/aromatic N) is 2. The van der Waals surface area contributed by atoms with Crippen LogP contribution in [0.2, 0.25) is 0 Å². The largest absolute Gasteiger partial charge is 0.303 e. The van der Waals surface area contributed by atoms with Crippen molar-refractivity contribution in [1.29, 1.82) is 0 Å². The SMILES string of the molecule is Cc1cnc2c(S(=O)(=O)NCCCN3C[C@H](C)C[C@@H](C)C3)cccc2c1. The van der Waals surface area contributed by atoms with E-state index in [4.69, 9.17) is 0 Å². The van der Waals surface area contributed by atoms with Crippen molar-refractivity contribution in [2.75, 3.05) is 26.2 Å². The fourth-order valence-corrected chi connectivity index (χ4v) is 5.27. The molecule has 0 unspecified atom stereocenters. The molecule has 0 aliphatic carbocycles. The fraction of sp³-hybridized carbons (Fsp3) is 0.550. The Labute approximate surface area is 156 Å². The molecule has 0 radical (unpaired) electrons. The van der Waals surface area contributed by atoms with E-state index in [0.717, 1.165) is 48.8 Å². The molecular weight excluding hydrogens is 346 g/mol. The molecule has 1 N–H and O–H groups in total. The number of nitrogens with one attached hydrogen (secondary N) is 1. The first kappa shape index (κ1) is 19.3. The molecule has 0 bridgehead atoms. The Balaban J connectivity index is 1.61. The second-order valence-corrected chi connectivity index (χ2v) is 9.53. The molecular formula is C20H29N3O2S. The van der Waals surface area contributed by atoms with Gasteiger partial charge in [-0.2, -0.15) is 0 Å². The molecule has 2 atom stereocenters. The zero-order chi connectivity index (χ0) is 18.7. The lowest BCUT2D eigenvalue weighted by Gasteiger charge is -2.34. The molecule has 1 fully saturated rings. The number of likely N-dealkylation sites (tertiary alicyclic amines) is 1. The third-order valence-corrected chi connectivity index (χ3v) is 6.48. The molecule has 1 aromatic carbocycles. The maximum Gasteiger partial charge on any atom is 0.242 e. The fourth-order valence-electron chi connectivity index (χ4n) is 4.02. The van der Waals surface area contributed by atoms with Crippen LogP contribution in [0.1, 0.15) is 32.3 Å². The van der Waals surface area contributed by atoms with Gasteiger partial charge in [0.05, 0.1) is 5.52 Å². The Kier molecular flexibility index (Phi) is 5.95. The molecule has 3 rings (SSSR count). The van der Waals surface area contributed by atoms with E-state index in [-0.39, 0.29) is 4.90 Å². The molecule has 5 nitrogen and oxygen atoms in total. The summed E-state index contributed by atoms with van der Waals surface area (Å²) >= 11 is 0. The number of aromatic nitrogens is 1. The maximum atomic E-state index is 12.7. The number of rotatable bonds is 6. The standard InChI is InChI=1S/C20H29N3O2S/c1-15-11-18-6-4-7-19(20(18)21-12-15)26(24,25)22-8-5-9-23-13-16(2)10-17(3)14-23/h4,6-7,11-12,16-17,22H,5,8-10,13-14H2,1-3H3/t16-,17-/m1/s1. The number of aryl methyl sites for hydroxylation is 1. The number of benzene rings is 1. The molecule has 6 heteroatoms. The quantitative estimate of drug-likeness (QED) is 0.788. The highest BCUT2D eigenvalue weighted by Gasteiger charge is 2.22. The zero-order valence-corrected chi connectivity index (χ0v) is 16.7. The predicted octanol–water partition coefficient (Wildman–Crippen LogP) is 3.19. The van der Waals surface area contributed by atoms with Gasteiger partial charge >= 0.3 is 0 Å². The highest BCUT2D eigenvalue weighted by Crippen LogP contribution is 2.22. The van der Waals surface area contributed by atoms with Crippen molar-refractivity contribution < 1.29 is 8.42 Å². The molecule has 0 saturated carbocycles. The monoisotopic (exact) mass is 375 g/mol. The van der Waals surface area contributed by atoms with E-state index in [1.54, 1.807) is 18.3 Å². The van der Waals surface area contributed by atoms with Crippen molar-refractivity contribution in [3.63, 3.8) is 0 Å². The van der Waals surface area contributed by atoms with E-state index in [2.05, 4.69) is 28.5 Å². The summed E-state index contributed by atoms with van der Waals surface area (Å²) in [6.45, 7) is 10.1. The number of hydrogen-bond donors (Lipinski definition) is 1. The highest BCUT2D eigenvalue weighted by atomic mass is 32.2. The number of hydrogen-bond acceptors (Lipinski definition) is 4. The summed E-state index contributed by atoms with van der Waals surface area (Å²) in [4.78, 5) is 7.05. The van der Waals surface area contributed by atoms with Crippen molar-refractivity contribution in [3.05, 3.63) is 36.0 Å². The Bertz CT molecular complexity index is 856. The summed E-state index contributed by atoms with van der Waals surface area (Å²) in [6.07, 6.45) is 3.81. The van der Waals surface area contributed by atoms with Gasteiger partial charge in [0.25, 0.3) is 0 Å². The Morgan fingerprint density at radius 1 is 1.23 bits per heavy atom. The average Bonchev–Trinajstić information content (AvgIpc) is 2.57. The normalized spacial score (nSPS) is 22.0. The van der Waals surface area contributed by atoms with Crippen LogP contribution in [-0.2, 0) is 10.0 Å². The van der Waals surface area contributed by atoms with Crippen molar-refractivity contribution in [2.24, 2.45) is 11.8 Å². The Morgan fingerprint density at radius 3 is 2.69 bits per heavy atom. The average molecular weight is 376 g/mol. The van der Waals surface area contributed by atoms with Crippen LogP contribution < -0.4 is 4.72 Å². The Hall–Kier alpha value is -1.50. The van der Waals surface area contributed by atoms with Gasteiger partial charge in [0.1, 0.15) is 4.90 Å². The highest BCUT2D eigenvalue weighted by molar-refractivity contribution is 7.89. The smallest absolute Gasteiger partial charge is 0.242 e. The molecule has 1 saturated heterocycles. The van der Waals surface area contributed by atoms with Gasteiger partial charge in [-0.1, -0.05) is 26.0 Å². The molecule has 1 aliphatic rings. The van der Waals surface area contributed by atoms with Gasteiger partial charge in [0.15, 0.2) is 0 Å². The molecule has 142 valence electrons. The predicted molar refractivity (Wildman–Crippen MR) is 106 cm³/mol. The summed E-state index contributed by atoms with van der Waals surface area (Å²) < 4.78 is 28.2.